The number of hydrogen-bond acceptors (Lipinski definition) is 5. The molecular formula is C12H11FN4OS. The van der Waals surface area contributed by atoms with E-state index in [1.54, 1.807) is 17.0 Å². The van der Waals surface area contributed by atoms with E-state index in [1.807, 2.05) is 0 Å². The number of nitrogens with zero attached hydrogens (tertiary/aromatic N) is 3. The van der Waals surface area contributed by atoms with Crippen LogP contribution in [-0.2, 0) is 4.79 Å². The van der Waals surface area contributed by atoms with Crippen LogP contribution in [0.15, 0.2) is 24.3 Å². The quantitative estimate of drug-likeness (QED) is 0.909. The van der Waals surface area contributed by atoms with Gasteiger partial charge >= 0.3 is 0 Å². The van der Waals surface area contributed by atoms with Crippen molar-refractivity contribution in [2.45, 2.75) is 12.3 Å². The lowest BCUT2D eigenvalue weighted by Crippen LogP contribution is -2.24. The summed E-state index contributed by atoms with van der Waals surface area (Å²) in [5.74, 6) is -0.304. The number of nitrogen functional groups attached to an aromatic ring is 1. The highest BCUT2D eigenvalue weighted by atomic mass is 32.1. The highest BCUT2D eigenvalue weighted by molar-refractivity contribution is 7.15. The minimum atomic E-state index is -0.316. The maximum atomic E-state index is 12.9. The van der Waals surface area contributed by atoms with Gasteiger partial charge < -0.3 is 10.6 Å². The number of aromatic nitrogens is 2. The lowest BCUT2D eigenvalue weighted by atomic mass is 10.1. The molecule has 19 heavy (non-hydrogen) atoms. The number of hydrogen-bond donors (Lipinski definition) is 1. The fourth-order valence-corrected chi connectivity index (χ4v) is 2.86. The minimum Gasteiger partial charge on any atom is -0.374 e. The smallest absolute Gasteiger partial charge is 0.227 e. The van der Waals surface area contributed by atoms with E-state index in [-0.39, 0.29) is 17.6 Å². The lowest BCUT2D eigenvalue weighted by Gasteiger charge is -2.16. The fraction of sp³-hybridized carbons (Fsp3) is 0.250. The van der Waals surface area contributed by atoms with Crippen molar-refractivity contribution >= 4 is 28.1 Å². The topological polar surface area (TPSA) is 72.1 Å². The molecule has 1 atom stereocenters. The molecule has 1 aliphatic rings. The third-order valence-corrected chi connectivity index (χ3v) is 3.98. The minimum absolute atomic E-state index is 0.00498. The van der Waals surface area contributed by atoms with E-state index >= 15 is 0 Å². The molecule has 3 rings (SSSR count). The number of carbonyl (C=O) groups is 1. The molecule has 98 valence electrons. The molecule has 7 heteroatoms. The first-order valence-electron chi connectivity index (χ1n) is 5.78. The van der Waals surface area contributed by atoms with Crippen molar-refractivity contribution < 1.29 is 9.18 Å². The number of benzene rings is 1. The standard InChI is InChI=1S/C12H11FN4OS/c13-8-1-3-9(4-2-8)17-6-7(5-10(17)18)11-15-16-12(14)19-11/h1-4,7H,5-6H2,(H2,14,16). The average molecular weight is 278 g/mol. The maximum absolute atomic E-state index is 12.9. The number of nitrogens with two attached hydrogens (primary N) is 1. The van der Waals surface area contributed by atoms with Gasteiger partial charge in [0.1, 0.15) is 10.8 Å². The van der Waals surface area contributed by atoms with E-state index in [1.165, 1.54) is 23.5 Å². The van der Waals surface area contributed by atoms with Crippen LogP contribution < -0.4 is 10.6 Å². The van der Waals surface area contributed by atoms with Crippen LogP contribution in [0.5, 0.6) is 0 Å². The van der Waals surface area contributed by atoms with E-state index in [0.717, 1.165) is 5.01 Å². The molecule has 2 N–H and O–H groups in total. The highest BCUT2D eigenvalue weighted by Gasteiger charge is 2.33. The predicted octanol–water partition coefficient (Wildman–Crippen LogP) is 1.78. The Morgan fingerprint density at radius 3 is 2.68 bits per heavy atom. The van der Waals surface area contributed by atoms with Crippen LogP contribution in [0.25, 0.3) is 0 Å². The summed E-state index contributed by atoms with van der Waals surface area (Å²) < 4.78 is 12.9. The van der Waals surface area contributed by atoms with Crippen molar-refractivity contribution in [3.8, 4) is 0 Å². The second-order valence-corrected chi connectivity index (χ2v) is 5.40. The Kier molecular flexibility index (Phi) is 2.90. The van der Waals surface area contributed by atoms with Gasteiger partial charge in [-0.15, -0.1) is 10.2 Å². The number of rotatable bonds is 2. The summed E-state index contributed by atoms with van der Waals surface area (Å²) >= 11 is 1.30. The molecular weight excluding hydrogens is 267 g/mol. The molecule has 5 nitrogen and oxygen atoms in total. The Morgan fingerprint density at radius 1 is 1.32 bits per heavy atom. The zero-order chi connectivity index (χ0) is 13.4. The van der Waals surface area contributed by atoms with Gasteiger partial charge in [-0.2, -0.15) is 0 Å². The fourth-order valence-electron chi connectivity index (χ4n) is 2.16. The second kappa shape index (κ2) is 4.58. The highest BCUT2D eigenvalue weighted by Crippen LogP contribution is 2.33. The van der Waals surface area contributed by atoms with Crippen LogP contribution in [0.4, 0.5) is 15.2 Å². The van der Waals surface area contributed by atoms with Crippen LogP contribution in [0.3, 0.4) is 0 Å². The maximum Gasteiger partial charge on any atom is 0.227 e. The van der Waals surface area contributed by atoms with Crippen molar-refractivity contribution in [1.82, 2.24) is 10.2 Å². The molecule has 0 aliphatic carbocycles. The largest absolute Gasteiger partial charge is 0.374 e. The van der Waals surface area contributed by atoms with Crippen molar-refractivity contribution in [2.75, 3.05) is 17.2 Å². The van der Waals surface area contributed by atoms with E-state index in [0.29, 0.717) is 23.8 Å². The van der Waals surface area contributed by atoms with Crippen molar-refractivity contribution in [3.63, 3.8) is 0 Å². The van der Waals surface area contributed by atoms with Gasteiger partial charge in [-0.25, -0.2) is 4.39 Å². The number of amides is 1. The molecule has 0 saturated carbocycles. The van der Waals surface area contributed by atoms with E-state index in [9.17, 15) is 9.18 Å². The molecule has 1 aromatic carbocycles. The molecule has 0 spiro atoms. The number of carbonyl (C=O) groups excluding carboxylic acids is 1. The molecule has 1 fully saturated rings. The summed E-state index contributed by atoms with van der Waals surface area (Å²) in [6.07, 6.45) is 0.381. The molecule has 1 aliphatic heterocycles. The Bertz CT molecular complexity index is 612. The average Bonchev–Trinajstić information content (AvgIpc) is 2.97. The Hall–Kier alpha value is -2.02. The molecule has 1 aromatic heterocycles. The third-order valence-electron chi connectivity index (χ3n) is 3.07. The van der Waals surface area contributed by atoms with Gasteiger partial charge in [0.2, 0.25) is 11.0 Å². The van der Waals surface area contributed by atoms with Crippen LogP contribution in [0.1, 0.15) is 17.3 Å². The summed E-state index contributed by atoms with van der Waals surface area (Å²) in [5, 5.41) is 8.92. The number of halogens is 1. The van der Waals surface area contributed by atoms with E-state index in [2.05, 4.69) is 10.2 Å². The van der Waals surface area contributed by atoms with E-state index in [4.69, 9.17) is 5.73 Å². The first-order chi connectivity index (χ1) is 9.13. The lowest BCUT2D eigenvalue weighted by molar-refractivity contribution is -0.117. The van der Waals surface area contributed by atoms with Crippen LogP contribution in [0, 0.1) is 5.82 Å². The van der Waals surface area contributed by atoms with E-state index < -0.39 is 0 Å². The second-order valence-electron chi connectivity index (χ2n) is 4.36. The number of anilines is 2. The van der Waals surface area contributed by atoms with Gasteiger partial charge in [0, 0.05) is 24.6 Å². The SMILES string of the molecule is Nc1nnc(C2CC(=O)N(c3ccc(F)cc3)C2)s1. The molecule has 2 heterocycles. The Morgan fingerprint density at radius 2 is 2.05 bits per heavy atom. The van der Waals surface area contributed by atoms with Crippen molar-refractivity contribution in [1.29, 1.82) is 0 Å². The van der Waals surface area contributed by atoms with Crippen molar-refractivity contribution in [3.05, 3.63) is 35.1 Å². The zero-order valence-electron chi connectivity index (χ0n) is 9.91. The Labute approximate surface area is 112 Å². The first kappa shape index (κ1) is 12.0. The normalized spacial score (nSPS) is 19.1. The van der Waals surface area contributed by atoms with Gasteiger partial charge in [-0.05, 0) is 24.3 Å². The summed E-state index contributed by atoms with van der Waals surface area (Å²) in [7, 11) is 0. The summed E-state index contributed by atoms with van der Waals surface area (Å²) in [6, 6.07) is 5.89. The van der Waals surface area contributed by atoms with Gasteiger partial charge in [0.15, 0.2) is 0 Å². The van der Waals surface area contributed by atoms with Crippen LogP contribution in [0.2, 0.25) is 0 Å². The molecule has 1 amide bonds. The van der Waals surface area contributed by atoms with Gasteiger partial charge in [-0.1, -0.05) is 11.3 Å². The summed E-state index contributed by atoms with van der Waals surface area (Å²) in [5.41, 5.74) is 6.25. The summed E-state index contributed by atoms with van der Waals surface area (Å²) in [6.45, 7) is 0.527. The molecule has 1 saturated heterocycles. The molecule has 1 unspecified atom stereocenters. The molecule has 0 radical (unpaired) electrons. The Balaban J connectivity index is 1.82. The third kappa shape index (κ3) is 2.28. The van der Waals surface area contributed by atoms with Crippen LogP contribution >= 0.6 is 11.3 Å². The zero-order valence-corrected chi connectivity index (χ0v) is 10.7. The van der Waals surface area contributed by atoms with Crippen molar-refractivity contribution in [2.24, 2.45) is 0 Å². The van der Waals surface area contributed by atoms with Gasteiger partial charge in [-0.3, -0.25) is 4.79 Å². The van der Waals surface area contributed by atoms with Gasteiger partial charge in [0.25, 0.3) is 0 Å². The molecule has 0 bridgehead atoms. The monoisotopic (exact) mass is 278 g/mol. The summed E-state index contributed by atoms with van der Waals surface area (Å²) in [4.78, 5) is 13.6. The van der Waals surface area contributed by atoms with Gasteiger partial charge in [0.05, 0.1) is 0 Å². The van der Waals surface area contributed by atoms with Crippen LogP contribution in [-0.4, -0.2) is 22.6 Å². The molecule has 2 aromatic rings. The first-order valence-corrected chi connectivity index (χ1v) is 6.60. The predicted molar refractivity (Wildman–Crippen MR) is 70.4 cm³/mol.